The van der Waals surface area contributed by atoms with Crippen LogP contribution in [0, 0.1) is 0 Å². The van der Waals surface area contributed by atoms with Gasteiger partial charge in [0.2, 0.25) is 0 Å². The minimum absolute atomic E-state index is 0.127. The van der Waals surface area contributed by atoms with Crippen LogP contribution in [0.2, 0.25) is 0 Å². The molecule has 1 aliphatic carbocycles. The summed E-state index contributed by atoms with van der Waals surface area (Å²) in [6, 6.07) is 0. The molecule has 1 rings (SSSR count). The molecule has 0 aliphatic heterocycles. The topological polar surface area (TPSA) is 63.6 Å². The fourth-order valence-corrected chi connectivity index (χ4v) is 4.48. The van der Waals surface area contributed by atoms with Crippen LogP contribution < -0.4 is 0 Å². The molecular weight excluding hydrogens is 248 g/mol. The molecule has 0 heterocycles. The van der Waals surface area contributed by atoms with Gasteiger partial charge in [0.1, 0.15) is 0 Å². The molecule has 1 aliphatic rings. The van der Waals surface area contributed by atoms with Crippen LogP contribution in [-0.4, -0.2) is 28.2 Å². The van der Waals surface area contributed by atoms with Crippen molar-refractivity contribution in [2.24, 2.45) is 0 Å². The highest BCUT2D eigenvalue weighted by Crippen LogP contribution is 2.48. The number of hydrogen-bond donors (Lipinski definition) is 1. The van der Waals surface area contributed by atoms with Crippen molar-refractivity contribution in [3.8, 4) is 0 Å². The van der Waals surface area contributed by atoms with Gasteiger partial charge in [-0.15, -0.1) is 0 Å². The molecule has 0 aromatic rings. The molecule has 0 radical (unpaired) electrons. The lowest BCUT2D eigenvalue weighted by molar-refractivity contribution is -0.137. The fraction of sp³-hybridized carbons (Fsp3) is 0.800. The van der Waals surface area contributed by atoms with Gasteiger partial charge in [0.25, 0.3) is 0 Å². The molecule has 0 aromatic carbocycles. The van der Waals surface area contributed by atoms with Crippen LogP contribution in [0.4, 0.5) is 4.79 Å². The predicted molar refractivity (Wildman–Crippen MR) is 65.7 cm³/mol. The number of carbonyl (C=O) groups excluding carboxylic acids is 1. The Labute approximate surface area is 103 Å². The van der Waals surface area contributed by atoms with E-state index in [2.05, 4.69) is 4.74 Å². The first-order chi connectivity index (χ1) is 7.58. The van der Waals surface area contributed by atoms with Gasteiger partial charge in [0.15, 0.2) is 0 Å². The summed E-state index contributed by atoms with van der Waals surface area (Å²) in [6.07, 6.45) is 5.11. The van der Waals surface area contributed by atoms with Crippen molar-refractivity contribution in [3.05, 3.63) is 0 Å². The lowest BCUT2D eigenvalue weighted by Gasteiger charge is -2.34. The van der Waals surface area contributed by atoms with E-state index in [9.17, 15) is 9.59 Å². The van der Waals surface area contributed by atoms with Crippen LogP contribution in [0.15, 0.2) is 0 Å². The third kappa shape index (κ3) is 4.25. The Morgan fingerprint density at radius 2 is 1.94 bits per heavy atom. The minimum Gasteiger partial charge on any atom is -0.481 e. The van der Waals surface area contributed by atoms with Crippen LogP contribution in [0.1, 0.15) is 38.5 Å². The van der Waals surface area contributed by atoms with E-state index in [4.69, 9.17) is 5.11 Å². The number of aliphatic carboxylic acids is 1. The largest absolute Gasteiger partial charge is 0.481 e. The zero-order valence-corrected chi connectivity index (χ0v) is 10.9. The molecule has 1 saturated carbocycles. The van der Waals surface area contributed by atoms with Crippen molar-refractivity contribution >= 4 is 32.9 Å². The Kier molecular flexibility index (Phi) is 5.48. The van der Waals surface area contributed by atoms with E-state index in [1.54, 1.807) is 0 Å². The molecule has 0 atom stereocenters. The number of carboxylic acids is 1. The van der Waals surface area contributed by atoms with Crippen LogP contribution in [0.5, 0.6) is 0 Å². The van der Waals surface area contributed by atoms with Gasteiger partial charge in [-0.05, 0) is 12.8 Å². The molecule has 6 heteroatoms. The molecule has 0 aromatic heterocycles. The Morgan fingerprint density at radius 1 is 1.31 bits per heavy atom. The normalized spacial score (nSPS) is 19.1. The quantitative estimate of drug-likeness (QED) is 0.621. The SMILES string of the molecule is COC(=O)SSC1(CC(=O)O)CCCCC1. The third-order valence-electron chi connectivity index (χ3n) is 2.69. The summed E-state index contributed by atoms with van der Waals surface area (Å²) >= 11 is 0. The van der Waals surface area contributed by atoms with E-state index in [0.29, 0.717) is 0 Å². The Hall–Kier alpha value is -0.360. The lowest BCUT2D eigenvalue weighted by atomic mass is 9.86. The van der Waals surface area contributed by atoms with Crippen LogP contribution in [-0.2, 0) is 9.53 Å². The van der Waals surface area contributed by atoms with E-state index in [1.165, 1.54) is 17.9 Å². The van der Waals surface area contributed by atoms with Crippen molar-refractivity contribution in [1.82, 2.24) is 0 Å². The molecule has 4 nitrogen and oxygen atoms in total. The average Bonchev–Trinajstić information content (AvgIpc) is 2.26. The fourth-order valence-electron chi connectivity index (χ4n) is 1.92. The van der Waals surface area contributed by atoms with Gasteiger partial charge in [-0.3, -0.25) is 4.79 Å². The first kappa shape index (κ1) is 13.7. The maximum Gasteiger partial charge on any atom is 0.377 e. The number of carbonyl (C=O) groups is 2. The van der Waals surface area contributed by atoms with Crippen molar-refractivity contribution in [1.29, 1.82) is 0 Å². The molecule has 0 bridgehead atoms. The van der Waals surface area contributed by atoms with Crippen LogP contribution in [0.3, 0.4) is 0 Å². The monoisotopic (exact) mass is 264 g/mol. The Morgan fingerprint density at radius 3 is 2.44 bits per heavy atom. The molecule has 1 N–H and O–H groups in total. The van der Waals surface area contributed by atoms with E-state index in [-0.39, 0.29) is 16.5 Å². The van der Waals surface area contributed by atoms with Gasteiger partial charge in [-0.2, -0.15) is 0 Å². The predicted octanol–water partition coefficient (Wildman–Crippen LogP) is 3.31. The zero-order valence-electron chi connectivity index (χ0n) is 9.23. The van der Waals surface area contributed by atoms with Crippen molar-refractivity contribution in [2.45, 2.75) is 43.3 Å². The average molecular weight is 264 g/mol. The van der Waals surface area contributed by atoms with E-state index in [0.717, 1.165) is 42.9 Å². The second kappa shape index (κ2) is 6.39. The van der Waals surface area contributed by atoms with Gasteiger partial charge < -0.3 is 9.84 Å². The summed E-state index contributed by atoms with van der Waals surface area (Å²) < 4.78 is 4.26. The highest BCUT2D eigenvalue weighted by molar-refractivity contribution is 8.82. The molecule has 0 spiro atoms. The Bertz CT molecular complexity index is 262. The van der Waals surface area contributed by atoms with E-state index < -0.39 is 5.97 Å². The summed E-state index contributed by atoms with van der Waals surface area (Å²) in [5.41, 5.74) is 0. The first-order valence-corrected chi connectivity index (χ1v) is 7.38. The lowest BCUT2D eigenvalue weighted by Crippen LogP contribution is -2.30. The van der Waals surface area contributed by atoms with Crippen LogP contribution >= 0.6 is 21.6 Å². The maximum absolute atomic E-state index is 11.1. The third-order valence-corrected chi connectivity index (χ3v) is 5.70. The molecule has 0 saturated heterocycles. The highest BCUT2D eigenvalue weighted by Gasteiger charge is 2.36. The highest BCUT2D eigenvalue weighted by atomic mass is 33.1. The summed E-state index contributed by atoms with van der Waals surface area (Å²) in [5.74, 6) is -0.792. The second-order valence-electron chi connectivity index (χ2n) is 3.93. The first-order valence-electron chi connectivity index (χ1n) is 5.23. The minimum atomic E-state index is -0.792. The molecule has 0 amide bonds. The molecular formula is C10H16O4S2. The molecule has 0 unspecified atom stereocenters. The Balaban J connectivity index is 2.55. The van der Waals surface area contributed by atoms with E-state index >= 15 is 0 Å². The van der Waals surface area contributed by atoms with Crippen LogP contribution in [0.25, 0.3) is 0 Å². The smallest absolute Gasteiger partial charge is 0.377 e. The van der Waals surface area contributed by atoms with E-state index in [1.807, 2.05) is 0 Å². The van der Waals surface area contributed by atoms with Crippen molar-refractivity contribution in [2.75, 3.05) is 7.11 Å². The number of ether oxygens (including phenoxy) is 1. The number of hydrogen-bond acceptors (Lipinski definition) is 5. The van der Waals surface area contributed by atoms with Gasteiger partial charge in [-0.1, -0.05) is 30.1 Å². The van der Waals surface area contributed by atoms with Gasteiger partial charge >= 0.3 is 11.3 Å². The molecule has 16 heavy (non-hydrogen) atoms. The zero-order chi connectivity index (χ0) is 12.0. The van der Waals surface area contributed by atoms with Gasteiger partial charge in [0.05, 0.1) is 13.5 Å². The summed E-state index contributed by atoms with van der Waals surface area (Å²) in [7, 11) is 3.72. The van der Waals surface area contributed by atoms with Crippen molar-refractivity contribution < 1.29 is 19.4 Å². The molecule has 92 valence electrons. The van der Waals surface area contributed by atoms with Crippen molar-refractivity contribution in [3.63, 3.8) is 0 Å². The number of methoxy groups -OCH3 is 1. The number of rotatable bonds is 4. The number of carboxylic acid groups (broad SMARTS) is 1. The summed E-state index contributed by atoms with van der Waals surface area (Å²) in [5, 5.41) is 8.55. The maximum atomic E-state index is 11.1. The van der Waals surface area contributed by atoms with Gasteiger partial charge in [0, 0.05) is 15.5 Å². The summed E-state index contributed by atoms with van der Waals surface area (Å²) in [6.45, 7) is 0. The molecule has 1 fully saturated rings. The van der Waals surface area contributed by atoms with Gasteiger partial charge in [-0.25, -0.2) is 4.79 Å². The second-order valence-corrected chi connectivity index (χ2v) is 6.47. The summed E-state index contributed by atoms with van der Waals surface area (Å²) in [4.78, 5) is 21.9. The standard InChI is InChI=1S/C10H16O4S2/c1-14-9(13)15-16-10(7-8(11)12)5-3-2-4-6-10/h2-7H2,1H3,(H,11,12).